The second-order valence-electron chi connectivity index (χ2n) is 5.10. The number of rotatable bonds is 3. The summed E-state index contributed by atoms with van der Waals surface area (Å²) in [5, 5.41) is 5.30. The zero-order valence-corrected chi connectivity index (χ0v) is 12.5. The Labute approximate surface area is 131 Å². The van der Waals surface area contributed by atoms with Crippen LogP contribution in [0.5, 0.6) is 11.5 Å². The molecule has 0 bridgehead atoms. The summed E-state index contributed by atoms with van der Waals surface area (Å²) in [5.74, 6) is 1.34. The van der Waals surface area contributed by atoms with Gasteiger partial charge in [0.2, 0.25) is 6.79 Å². The molecular weight excluding hydrogens is 304 g/mol. The molecule has 6 nitrogen and oxygen atoms in total. The van der Waals surface area contributed by atoms with Crippen molar-refractivity contribution in [1.82, 2.24) is 4.98 Å². The molecule has 1 amide bonds. The minimum atomic E-state index is -0.349. The fraction of sp³-hybridized carbons (Fsp3) is 0.333. The first-order chi connectivity index (χ1) is 10.8. The summed E-state index contributed by atoms with van der Waals surface area (Å²) in [6.45, 7) is 0.900. The molecule has 0 saturated carbocycles. The van der Waals surface area contributed by atoms with Gasteiger partial charge in [-0.25, -0.2) is 4.98 Å². The molecule has 0 aliphatic carbocycles. The molecule has 2 aliphatic rings. The average Bonchev–Trinajstić information content (AvgIpc) is 3.27. The molecule has 3 heterocycles. The van der Waals surface area contributed by atoms with E-state index in [0.717, 1.165) is 35.6 Å². The summed E-state index contributed by atoms with van der Waals surface area (Å²) in [4.78, 5) is 16.5. The number of amides is 1. The summed E-state index contributed by atoms with van der Waals surface area (Å²) in [6.07, 6.45) is 1.35. The molecule has 0 spiro atoms. The monoisotopic (exact) mass is 318 g/mol. The smallest absolute Gasteiger partial charge is 0.255 e. The second kappa shape index (κ2) is 5.58. The van der Waals surface area contributed by atoms with Crippen molar-refractivity contribution in [1.29, 1.82) is 0 Å². The van der Waals surface area contributed by atoms with Gasteiger partial charge in [0.05, 0.1) is 5.69 Å². The van der Waals surface area contributed by atoms with E-state index in [9.17, 15) is 4.79 Å². The van der Waals surface area contributed by atoms with Crippen LogP contribution in [0.15, 0.2) is 23.6 Å². The number of thiazole rings is 1. The highest BCUT2D eigenvalue weighted by Gasteiger charge is 2.24. The number of carbonyl (C=O) groups is 1. The first kappa shape index (κ1) is 13.5. The number of nitrogens with zero attached hydrogens (tertiary/aromatic N) is 1. The number of fused-ring (bicyclic) bond motifs is 1. The van der Waals surface area contributed by atoms with Gasteiger partial charge in [-0.05, 0) is 31.0 Å². The van der Waals surface area contributed by atoms with Crippen LogP contribution in [0.2, 0.25) is 0 Å². The normalized spacial score (nSPS) is 19.4. The van der Waals surface area contributed by atoms with Crippen molar-refractivity contribution in [2.75, 3.05) is 18.7 Å². The van der Waals surface area contributed by atoms with Gasteiger partial charge < -0.3 is 14.2 Å². The van der Waals surface area contributed by atoms with Gasteiger partial charge in [0.15, 0.2) is 16.6 Å². The molecule has 1 saturated heterocycles. The lowest BCUT2D eigenvalue weighted by Gasteiger charge is -2.07. The molecule has 22 heavy (non-hydrogen) atoms. The predicted molar refractivity (Wildman–Crippen MR) is 81.3 cm³/mol. The highest BCUT2D eigenvalue weighted by Crippen LogP contribution is 2.36. The molecular formula is C15H14N2O4S. The number of aromatic nitrogens is 1. The van der Waals surface area contributed by atoms with Crippen LogP contribution < -0.4 is 14.8 Å². The van der Waals surface area contributed by atoms with Gasteiger partial charge in [0.25, 0.3) is 5.91 Å². The molecule has 2 aromatic rings. The van der Waals surface area contributed by atoms with Crippen LogP contribution in [0, 0.1) is 0 Å². The van der Waals surface area contributed by atoms with E-state index >= 15 is 0 Å². The highest BCUT2D eigenvalue weighted by molar-refractivity contribution is 7.14. The number of hydrogen-bond acceptors (Lipinski definition) is 6. The number of anilines is 1. The van der Waals surface area contributed by atoms with Gasteiger partial charge in [-0.1, -0.05) is 0 Å². The van der Waals surface area contributed by atoms with Crippen LogP contribution in [-0.2, 0) is 9.53 Å². The minimum Gasteiger partial charge on any atom is -0.454 e. The Morgan fingerprint density at radius 2 is 2.23 bits per heavy atom. The van der Waals surface area contributed by atoms with Crippen LogP contribution >= 0.6 is 11.3 Å². The Hall–Kier alpha value is -2.12. The van der Waals surface area contributed by atoms with Gasteiger partial charge in [-0.15, -0.1) is 11.3 Å². The fourth-order valence-electron chi connectivity index (χ4n) is 2.49. The van der Waals surface area contributed by atoms with E-state index < -0.39 is 0 Å². The first-order valence-corrected chi connectivity index (χ1v) is 7.95. The van der Waals surface area contributed by atoms with E-state index in [1.54, 1.807) is 0 Å². The first-order valence-electron chi connectivity index (χ1n) is 7.07. The van der Waals surface area contributed by atoms with E-state index in [4.69, 9.17) is 14.2 Å². The van der Waals surface area contributed by atoms with Crippen LogP contribution in [0.25, 0.3) is 11.3 Å². The van der Waals surface area contributed by atoms with Crippen molar-refractivity contribution in [2.45, 2.75) is 18.9 Å². The molecule has 1 aromatic heterocycles. The molecule has 114 valence electrons. The summed E-state index contributed by atoms with van der Waals surface area (Å²) < 4.78 is 16.0. The van der Waals surface area contributed by atoms with E-state index in [0.29, 0.717) is 11.7 Å². The quantitative estimate of drug-likeness (QED) is 0.942. The Kier molecular flexibility index (Phi) is 3.44. The summed E-state index contributed by atoms with van der Waals surface area (Å²) >= 11 is 1.39. The fourth-order valence-corrected chi connectivity index (χ4v) is 3.21. The maximum absolute atomic E-state index is 12.0. The van der Waals surface area contributed by atoms with Crippen molar-refractivity contribution < 1.29 is 19.0 Å². The zero-order valence-electron chi connectivity index (χ0n) is 11.7. The SMILES string of the molecule is O=C(Nc1nc(-c2ccc3c(c2)OCO3)cs1)[C@@H]1CCCO1. The molecule has 4 rings (SSSR count). The van der Waals surface area contributed by atoms with Crippen LogP contribution in [0.3, 0.4) is 0 Å². The Morgan fingerprint density at radius 1 is 1.32 bits per heavy atom. The molecule has 7 heteroatoms. The zero-order chi connectivity index (χ0) is 14.9. The second-order valence-corrected chi connectivity index (χ2v) is 5.95. The molecule has 0 radical (unpaired) electrons. The van der Waals surface area contributed by atoms with E-state index in [-0.39, 0.29) is 18.8 Å². The highest BCUT2D eigenvalue weighted by atomic mass is 32.1. The molecule has 2 aliphatic heterocycles. The van der Waals surface area contributed by atoms with Gasteiger partial charge in [0.1, 0.15) is 6.10 Å². The molecule has 1 atom stereocenters. The van der Waals surface area contributed by atoms with Gasteiger partial charge in [-0.3, -0.25) is 10.1 Å². The summed E-state index contributed by atoms with van der Waals surface area (Å²) in [6, 6.07) is 5.68. The molecule has 1 aromatic carbocycles. The van der Waals surface area contributed by atoms with Crippen molar-refractivity contribution in [2.24, 2.45) is 0 Å². The number of hydrogen-bond donors (Lipinski definition) is 1. The predicted octanol–water partition coefficient (Wildman–Crippen LogP) is 2.66. The third-order valence-electron chi connectivity index (χ3n) is 3.62. The third kappa shape index (κ3) is 2.53. The minimum absolute atomic E-state index is 0.121. The number of benzene rings is 1. The maximum Gasteiger partial charge on any atom is 0.255 e. The Balaban J connectivity index is 1.50. The van der Waals surface area contributed by atoms with Crippen molar-refractivity contribution >= 4 is 22.4 Å². The van der Waals surface area contributed by atoms with Crippen LogP contribution in [-0.4, -0.2) is 30.4 Å². The lowest BCUT2D eigenvalue weighted by Crippen LogP contribution is -2.26. The Bertz CT molecular complexity index is 709. The van der Waals surface area contributed by atoms with Crippen molar-refractivity contribution in [3.63, 3.8) is 0 Å². The maximum atomic E-state index is 12.0. The Morgan fingerprint density at radius 3 is 3.09 bits per heavy atom. The summed E-state index contributed by atoms with van der Waals surface area (Å²) in [7, 11) is 0. The van der Waals surface area contributed by atoms with Crippen LogP contribution in [0.4, 0.5) is 5.13 Å². The topological polar surface area (TPSA) is 69.7 Å². The number of nitrogens with one attached hydrogen (secondary N) is 1. The van der Waals surface area contributed by atoms with Crippen molar-refractivity contribution in [3.05, 3.63) is 23.6 Å². The standard InChI is InChI=1S/C15H14N2O4S/c18-14(12-2-1-5-19-12)17-15-16-10(7-22-15)9-3-4-11-13(6-9)21-8-20-11/h3-4,6-7,12H,1-2,5,8H2,(H,16,17,18)/t12-/m0/s1. The number of ether oxygens (including phenoxy) is 3. The molecule has 1 N–H and O–H groups in total. The van der Waals surface area contributed by atoms with Gasteiger partial charge in [0, 0.05) is 17.6 Å². The lowest BCUT2D eigenvalue weighted by molar-refractivity contribution is -0.124. The van der Waals surface area contributed by atoms with Crippen LogP contribution in [0.1, 0.15) is 12.8 Å². The summed E-state index contributed by atoms with van der Waals surface area (Å²) in [5.41, 5.74) is 1.73. The van der Waals surface area contributed by atoms with Crippen molar-refractivity contribution in [3.8, 4) is 22.8 Å². The van der Waals surface area contributed by atoms with Gasteiger partial charge >= 0.3 is 0 Å². The van der Waals surface area contributed by atoms with Gasteiger partial charge in [-0.2, -0.15) is 0 Å². The number of carbonyl (C=O) groups excluding carboxylic acids is 1. The average molecular weight is 318 g/mol. The van der Waals surface area contributed by atoms with E-state index in [1.165, 1.54) is 11.3 Å². The third-order valence-corrected chi connectivity index (χ3v) is 4.38. The molecule has 1 fully saturated rings. The van der Waals surface area contributed by atoms with E-state index in [2.05, 4.69) is 10.3 Å². The largest absolute Gasteiger partial charge is 0.454 e. The lowest BCUT2D eigenvalue weighted by atomic mass is 10.1. The van der Waals surface area contributed by atoms with E-state index in [1.807, 2.05) is 23.6 Å². The molecule has 0 unspecified atom stereocenters.